The zero-order valence-electron chi connectivity index (χ0n) is 11.1. The number of aromatic hydroxyl groups is 1. The molecule has 0 heterocycles. The second kappa shape index (κ2) is 7.18. The molecule has 0 aliphatic rings. The molecule has 0 aliphatic heterocycles. The Morgan fingerprint density at radius 2 is 2.10 bits per heavy atom. The maximum absolute atomic E-state index is 11.0. The number of carboxylic acids is 1. The van der Waals surface area contributed by atoms with Crippen LogP contribution in [0.2, 0.25) is 0 Å². The minimum absolute atomic E-state index is 0.207. The van der Waals surface area contributed by atoms with Crippen molar-refractivity contribution in [3.8, 4) is 11.5 Å². The lowest BCUT2D eigenvalue weighted by atomic mass is 10.1. The fourth-order valence-corrected chi connectivity index (χ4v) is 1.54. The summed E-state index contributed by atoms with van der Waals surface area (Å²) < 4.78 is 5.17. The van der Waals surface area contributed by atoms with E-state index in [-0.39, 0.29) is 17.9 Å². The second-order valence-corrected chi connectivity index (χ2v) is 4.16. The molecule has 1 amide bonds. The molecule has 1 aromatic carbocycles. The zero-order chi connectivity index (χ0) is 15.1. The molecule has 108 valence electrons. The van der Waals surface area contributed by atoms with E-state index < -0.39 is 17.6 Å². The summed E-state index contributed by atoms with van der Waals surface area (Å²) in [5.41, 5.74) is 5.23. The van der Waals surface area contributed by atoms with Crippen LogP contribution in [-0.4, -0.2) is 28.7 Å². The van der Waals surface area contributed by atoms with Crippen molar-refractivity contribution in [2.24, 2.45) is 5.73 Å². The molecule has 0 saturated carbocycles. The number of ether oxygens (including phenoxy) is 1. The van der Waals surface area contributed by atoms with Crippen molar-refractivity contribution >= 4 is 18.0 Å². The normalized spacial score (nSPS) is 10.7. The minimum atomic E-state index is -1.24. The topological polar surface area (TPSA) is 110 Å². The molecule has 1 rings (SSSR count). The van der Waals surface area contributed by atoms with Crippen molar-refractivity contribution in [2.45, 2.75) is 19.8 Å². The molecule has 0 bridgehead atoms. The zero-order valence-corrected chi connectivity index (χ0v) is 11.1. The molecule has 6 heteroatoms. The summed E-state index contributed by atoms with van der Waals surface area (Å²) in [7, 11) is 0. The third-order valence-corrected chi connectivity index (χ3v) is 2.48. The Labute approximate surface area is 116 Å². The highest BCUT2D eigenvalue weighted by molar-refractivity contribution is 5.92. The van der Waals surface area contributed by atoms with Crippen molar-refractivity contribution in [1.82, 2.24) is 0 Å². The summed E-state index contributed by atoms with van der Waals surface area (Å²) in [6, 6.07) is 2.46. The summed E-state index contributed by atoms with van der Waals surface area (Å²) in [6.45, 7) is 1.66. The number of aromatic carboxylic acids is 1. The summed E-state index contributed by atoms with van der Waals surface area (Å²) in [5, 5.41) is 18.6. The van der Waals surface area contributed by atoms with E-state index in [1.165, 1.54) is 6.07 Å². The van der Waals surface area contributed by atoms with Crippen LogP contribution in [0.4, 0.5) is 0 Å². The molecule has 0 atom stereocenters. The highest BCUT2D eigenvalue weighted by Gasteiger charge is 2.14. The lowest BCUT2D eigenvalue weighted by molar-refractivity contribution is -0.119. The number of primary amides is 1. The van der Waals surface area contributed by atoms with E-state index in [9.17, 15) is 14.7 Å². The number of carbonyl (C=O) groups excluding carboxylic acids is 1. The molecule has 1 aromatic rings. The highest BCUT2D eigenvalue weighted by Crippen LogP contribution is 2.29. The maximum Gasteiger partial charge on any atom is 0.339 e. The Hall–Kier alpha value is -2.50. The number of phenols is 1. The Morgan fingerprint density at radius 3 is 2.65 bits per heavy atom. The standard InChI is InChI=1S/C14H17NO5/c1-2-3-4-5-9-6-10(14(18)19)11(16)7-12(9)20-8-13(15)17/h4-7,16H,2-3,8H2,1H3,(H2,15,17)(H,18,19)/b5-4+. The highest BCUT2D eigenvalue weighted by atomic mass is 16.5. The Morgan fingerprint density at radius 1 is 1.40 bits per heavy atom. The van der Waals surface area contributed by atoms with Crippen molar-refractivity contribution < 1.29 is 24.5 Å². The van der Waals surface area contributed by atoms with E-state index in [1.807, 2.05) is 13.0 Å². The van der Waals surface area contributed by atoms with Gasteiger partial charge in [-0.05, 0) is 12.5 Å². The largest absolute Gasteiger partial charge is 0.507 e. The Bertz CT molecular complexity index is 537. The third kappa shape index (κ3) is 4.31. The number of rotatable bonds is 7. The first kappa shape index (κ1) is 15.6. The molecule has 0 aromatic heterocycles. The lowest BCUT2D eigenvalue weighted by Gasteiger charge is -2.10. The van der Waals surface area contributed by atoms with E-state index in [0.717, 1.165) is 18.9 Å². The fraction of sp³-hybridized carbons (Fsp3) is 0.286. The molecular formula is C14H17NO5. The third-order valence-electron chi connectivity index (χ3n) is 2.48. The van der Waals surface area contributed by atoms with Crippen LogP contribution in [0.25, 0.3) is 6.08 Å². The number of benzene rings is 1. The van der Waals surface area contributed by atoms with Crippen molar-refractivity contribution in [3.63, 3.8) is 0 Å². The first-order valence-corrected chi connectivity index (χ1v) is 6.13. The molecule has 20 heavy (non-hydrogen) atoms. The molecule has 0 aliphatic carbocycles. The number of hydrogen-bond donors (Lipinski definition) is 3. The SMILES string of the molecule is CCC/C=C/c1cc(C(=O)O)c(O)cc1OCC(N)=O. The number of carbonyl (C=O) groups is 2. The summed E-state index contributed by atoms with van der Waals surface area (Å²) in [4.78, 5) is 21.7. The van der Waals surface area contributed by atoms with Gasteiger partial charge in [0.1, 0.15) is 17.1 Å². The quantitative estimate of drug-likeness (QED) is 0.704. The molecule has 0 spiro atoms. The number of carboxylic acid groups (broad SMARTS) is 1. The second-order valence-electron chi connectivity index (χ2n) is 4.16. The van der Waals surface area contributed by atoms with Gasteiger partial charge in [0.25, 0.3) is 5.91 Å². The molecule has 0 fully saturated rings. The van der Waals surface area contributed by atoms with Crippen molar-refractivity contribution in [3.05, 3.63) is 29.3 Å². The monoisotopic (exact) mass is 279 g/mol. The van der Waals surface area contributed by atoms with Gasteiger partial charge in [-0.3, -0.25) is 4.79 Å². The van der Waals surface area contributed by atoms with Gasteiger partial charge >= 0.3 is 5.97 Å². The number of unbranched alkanes of at least 4 members (excludes halogenated alkanes) is 1. The van der Waals surface area contributed by atoms with E-state index in [0.29, 0.717) is 5.56 Å². The number of amides is 1. The van der Waals surface area contributed by atoms with Crippen molar-refractivity contribution in [2.75, 3.05) is 6.61 Å². The summed E-state index contributed by atoms with van der Waals surface area (Å²) >= 11 is 0. The molecular weight excluding hydrogens is 262 g/mol. The number of hydrogen-bond acceptors (Lipinski definition) is 4. The first-order chi connectivity index (χ1) is 9.45. The molecule has 0 saturated heterocycles. The molecule has 0 unspecified atom stereocenters. The molecule has 6 nitrogen and oxygen atoms in total. The van der Waals surface area contributed by atoms with E-state index in [4.69, 9.17) is 15.6 Å². The van der Waals surface area contributed by atoms with Crippen LogP contribution in [0.1, 0.15) is 35.7 Å². The van der Waals surface area contributed by atoms with Crippen LogP contribution in [0.15, 0.2) is 18.2 Å². The van der Waals surface area contributed by atoms with E-state index >= 15 is 0 Å². The Kier molecular flexibility index (Phi) is 5.58. The fourth-order valence-electron chi connectivity index (χ4n) is 1.54. The van der Waals surface area contributed by atoms with Crippen LogP contribution < -0.4 is 10.5 Å². The lowest BCUT2D eigenvalue weighted by Crippen LogP contribution is -2.20. The van der Waals surface area contributed by atoms with Gasteiger partial charge in [-0.25, -0.2) is 4.79 Å². The minimum Gasteiger partial charge on any atom is -0.507 e. The Balaban J connectivity index is 3.15. The van der Waals surface area contributed by atoms with E-state index in [1.54, 1.807) is 6.08 Å². The predicted molar refractivity (Wildman–Crippen MR) is 73.7 cm³/mol. The summed E-state index contributed by atoms with van der Waals surface area (Å²) in [6.07, 6.45) is 5.30. The van der Waals surface area contributed by atoms with Crippen LogP contribution in [0.3, 0.4) is 0 Å². The smallest absolute Gasteiger partial charge is 0.339 e. The predicted octanol–water partition coefficient (Wildman–Crippen LogP) is 1.77. The molecule has 4 N–H and O–H groups in total. The average molecular weight is 279 g/mol. The van der Waals surface area contributed by atoms with E-state index in [2.05, 4.69) is 0 Å². The average Bonchev–Trinajstić information content (AvgIpc) is 2.37. The van der Waals surface area contributed by atoms with Gasteiger partial charge in [-0.15, -0.1) is 0 Å². The molecule has 0 radical (unpaired) electrons. The van der Waals surface area contributed by atoms with Gasteiger partial charge in [-0.1, -0.05) is 25.5 Å². The van der Waals surface area contributed by atoms with Gasteiger partial charge in [0, 0.05) is 11.6 Å². The van der Waals surface area contributed by atoms with Gasteiger partial charge < -0.3 is 20.7 Å². The first-order valence-electron chi connectivity index (χ1n) is 6.13. The maximum atomic E-state index is 11.0. The number of allylic oxidation sites excluding steroid dienone is 1. The van der Waals surface area contributed by atoms with Gasteiger partial charge in [0.05, 0.1) is 0 Å². The van der Waals surface area contributed by atoms with Crippen molar-refractivity contribution in [1.29, 1.82) is 0 Å². The van der Waals surface area contributed by atoms with Crippen LogP contribution >= 0.6 is 0 Å². The number of nitrogens with two attached hydrogens (primary N) is 1. The summed E-state index contributed by atoms with van der Waals surface area (Å²) in [5.74, 6) is -2.12. The van der Waals surface area contributed by atoms with Crippen LogP contribution in [-0.2, 0) is 4.79 Å². The van der Waals surface area contributed by atoms with Crippen LogP contribution in [0.5, 0.6) is 11.5 Å². The van der Waals surface area contributed by atoms with Gasteiger partial charge in [-0.2, -0.15) is 0 Å². The van der Waals surface area contributed by atoms with Gasteiger partial charge in [0.15, 0.2) is 6.61 Å². The van der Waals surface area contributed by atoms with Gasteiger partial charge in [0.2, 0.25) is 0 Å². The van der Waals surface area contributed by atoms with Crippen LogP contribution in [0, 0.1) is 0 Å².